The molecule has 5 heteroatoms. The molecule has 2 N–H and O–H groups in total. The largest absolute Gasteiger partial charge is 0.416 e. The zero-order valence-electron chi connectivity index (χ0n) is 7.68. The van der Waals surface area contributed by atoms with Crippen LogP contribution in [0.1, 0.15) is 11.1 Å². The van der Waals surface area contributed by atoms with Gasteiger partial charge < -0.3 is 5.73 Å². The van der Waals surface area contributed by atoms with Gasteiger partial charge in [-0.15, -0.1) is 0 Å². The Hall–Kier alpha value is -0.810. The zero-order valence-corrected chi connectivity index (χ0v) is 9.27. The van der Waals surface area contributed by atoms with E-state index >= 15 is 0 Å². The highest BCUT2D eigenvalue weighted by atomic mass is 79.9. The number of hydrogen-bond acceptors (Lipinski definition) is 1. The van der Waals surface area contributed by atoms with Gasteiger partial charge in [0.05, 0.1) is 5.56 Å². The van der Waals surface area contributed by atoms with Crippen LogP contribution in [0.3, 0.4) is 0 Å². The maximum Gasteiger partial charge on any atom is 0.416 e. The Morgan fingerprint density at radius 2 is 2.00 bits per heavy atom. The molecule has 82 valence electrons. The lowest BCUT2D eigenvalue weighted by Gasteiger charge is -2.08. The van der Waals surface area contributed by atoms with E-state index < -0.39 is 11.7 Å². The lowest BCUT2D eigenvalue weighted by atomic mass is 10.1. The van der Waals surface area contributed by atoms with E-state index in [4.69, 9.17) is 5.73 Å². The molecule has 0 spiro atoms. The molecule has 0 bridgehead atoms. The molecule has 0 saturated heterocycles. The molecule has 1 aromatic carbocycles. The smallest absolute Gasteiger partial charge is 0.327 e. The first-order chi connectivity index (χ1) is 6.95. The minimum atomic E-state index is -4.31. The first kappa shape index (κ1) is 12.3. The molecule has 0 radical (unpaired) electrons. The Balaban J connectivity index is 3.11. The fraction of sp³-hybridized carbons (Fsp3) is 0.200. The number of rotatable bonds is 2. The number of nitrogens with two attached hydrogens (primary N) is 1. The highest BCUT2D eigenvalue weighted by molar-refractivity contribution is 9.10. The molecule has 0 aliphatic carbocycles. The van der Waals surface area contributed by atoms with E-state index in [-0.39, 0.29) is 0 Å². The molecule has 0 unspecified atom stereocenters. The van der Waals surface area contributed by atoms with Crippen molar-refractivity contribution in [3.63, 3.8) is 0 Å². The van der Waals surface area contributed by atoms with E-state index in [1.807, 2.05) is 0 Å². The van der Waals surface area contributed by atoms with Crippen LogP contribution in [-0.4, -0.2) is 6.54 Å². The van der Waals surface area contributed by atoms with Crippen LogP contribution in [0.4, 0.5) is 13.2 Å². The molecule has 0 aromatic heterocycles. The van der Waals surface area contributed by atoms with Crippen LogP contribution < -0.4 is 5.73 Å². The average Bonchev–Trinajstić information content (AvgIpc) is 2.15. The van der Waals surface area contributed by atoms with Crippen LogP contribution in [0.25, 0.3) is 6.08 Å². The topological polar surface area (TPSA) is 26.0 Å². The Labute approximate surface area is 93.9 Å². The standard InChI is InChI=1S/C10H9BrF3N/c11-9-4-3-8(10(12,13)14)6-7(9)2-1-5-15/h1-4,6H,5,15H2. The third kappa shape index (κ3) is 3.35. The summed E-state index contributed by atoms with van der Waals surface area (Å²) in [4.78, 5) is 0. The van der Waals surface area contributed by atoms with E-state index in [2.05, 4.69) is 15.9 Å². The highest BCUT2D eigenvalue weighted by Crippen LogP contribution is 2.32. The van der Waals surface area contributed by atoms with Crippen molar-refractivity contribution in [1.29, 1.82) is 0 Å². The van der Waals surface area contributed by atoms with Gasteiger partial charge in [-0.25, -0.2) is 0 Å². The Morgan fingerprint density at radius 1 is 1.33 bits per heavy atom. The van der Waals surface area contributed by atoms with Gasteiger partial charge in [-0.05, 0) is 23.8 Å². The van der Waals surface area contributed by atoms with Gasteiger partial charge in [0.15, 0.2) is 0 Å². The molecule has 0 atom stereocenters. The molecule has 0 saturated carbocycles. The second kappa shape index (κ2) is 4.81. The van der Waals surface area contributed by atoms with Crippen molar-refractivity contribution in [3.05, 3.63) is 39.9 Å². The SMILES string of the molecule is NCC=Cc1cc(C(F)(F)F)ccc1Br. The van der Waals surface area contributed by atoms with Crippen molar-refractivity contribution in [3.8, 4) is 0 Å². The van der Waals surface area contributed by atoms with Crippen molar-refractivity contribution < 1.29 is 13.2 Å². The Bertz CT molecular complexity index is 371. The van der Waals surface area contributed by atoms with Crippen LogP contribution in [0.15, 0.2) is 28.7 Å². The molecule has 15 heavy (non-hydrogen) atoms. The van der Waals surface area contributed by atoms with Crippen LogP contribution >= 0.6 is 15.9 Å². The summed E-state index contributed by atoms with van der Waals surface area (Å²) in [6, 6.07) is 3.49. The summed E-state index contributed by atoms with van der Waals surface area (Å²) in [5.41, 5.74) is 5.03. The van der Waals surface area contributed by atoms with Crippen LogP contribution in [0, 0.1) is 0 Å². The summed E-state index contributed by atoms with van der Waals surface area (Å²) in [7, 11) is 0. The second-order valence-corrected chi connectivity index (χ2v) is 3.73. The quantitative estimate of drug-likeness (QED) is 0.882. The lowest BCUT2D eigenvalue weighted by molar-refractivity contribution is -0.137. The van der Waals surface area contributed by atoms with E-state index in [9.17, 15) is 13.2 Å². The zero-order chi connectivity index (χ0) is 11.5. The van der Waals surface area contributed by atoms with E-state index in [0.29, 0.717) is 16.6 Å². The van der Waals surface area contributed by atoms with Gasteiger partial charge >= 0.3 is 6.18 Å². The van der Waals surface area contributed by atoms with E-state index in [1.165, 1.54) is 6.07 Å². The van der Waals surface area contributed by atoms with Gasteiger partial charge in [0, 0.05) is 11.0 Å². The van der Waals surface area contributed by atoms with Crippen LogP contribution in [0.2, 0.25) is 0 Å². The first-order valence-electron chi connectivity index (χ1n) is 4.18. The minimum Gasteiger partial charge on any atom is -0.327 e. The Kier molecular flexibility index (Phi) is 3.93. The molecule has 0 heterocycles. The van der Waals surface area contributed by atoms with Crippen molar-refractivity contribution in [2.45, 2.75) is 6.18 Å². The molecule has 1 rings (SSSR count). The van der Waals surface area contributed by atoms with Crippen molar-refractivity contribution in [2.75, 3.05) is 6.54 Å². The molecular formula is C10H9BrF3N. The fourth-order valence-electron chi connectivity index (χ4n) is 1.04. The molecule has 1 aromatic rings. The monoisotopic (exact) mass is 279 g/mol. The van der Waals surface area contributed by atoms with Gasteiger partial charge in [0.25, 0.3) is 0 Å². The molecule has 1 nitrogen and oxygen atoms in total. The Morgan fingerprint density at radius 3 is 2.53 bits per heavy atom. The van der Waals surface area contributed by atoms with Crippen molar-refractivity contribution >= 4 is 22.0 Å². The van der Waals surface area contributed by atoms with Crippen molar-refractivity contribution in [1.82, 2.24) is 0 Å². The lowest BCUT2D eigenvalue weighted by Crippen LogP contribution is -2.04. The number of alkyl halides is 3. The maximum atomic E-state index is 12.4. The predicted octanol–water partition coefficient (Wildman–Crippen LogP) is 3.44. The maximum absolute atomic E-state index is 12.4. The van der Waals surface area contributed by atoms with Gasteiger partial charge in [-0.3, -0.25) is 0 Å². The number of halogens is 4. The molecule has 0 aliphatic heterocycles. The molecule has 0 aliphatic rings. The van der Waals surface area contributed by atoms with Gasteiger partial charge in [-0.1, -0.05) is 28.1 Å². The predicted molar refractivity (Wildman–Crippen MR) is 57.2 cm³/mol. The van der Waals surface area contributed by atoms with Crippen LogP contribution in [-0.2, 0) is 6.18 Å². The number of benzene rings is 1. The van der Waals surface area contributed by atoms with E-state index in [0.717, 1.165) is 12.1 Å². The average molecular weight is 280 g/mol. The van der Waals surface area contributed by atoms with Gasteiger partial charge in [0.1, 0.15) is 0 Å². The third-order valence-electron chi connectivity index (χ3n) is 1.76. The fourth-order valence-corrected chi connectivity index (χ4v) is 1.42. The molecule has 0 amide bonds. The van der Waals surface area contributed by atoms with Crippen LogP contribution in [0.5, 0.6) is 0 Å². The summed E-state index contributed by atoms with van der Waals surface area (Å²) in [5.74, 6) is 0. The first-order valence-corrected chi connectivity index (χ1v) is 4.98. The summed E-state index contributed by atoms with van der Waals surface area (Å²) < 4.78 is 37.7. The highest BCUT2D eigenvalue weighted by Gasteiger charge is 2.30. The third-order valence-corrected chi connectivity index (χ3v) is 2.48. The molecule has 0 fully saturated rings. The van der Waals surface area contributed by atoms with Gasteiger partial charge in [-0.2, -0.15) is 13.2 Å². The summed E-state index contributed by atoms with van der Waals surface area (Å²) in [6.07, 6.45) is -1.16. The minimum absolute atomic E-state index is 0.294. The summed E-state index contributed by atoms with van der Waals surface area (Å²) >= 11 is 3.17. The van der Waals surface area contributed by atoms with E-state index in [1.54, 1.807) is 12.2 Å². The normalized spacial score (nSPS) is 12.3. The number of hydrogen-bond donors (Lipinski definition) is 1. The summed E-state index contributed by atoms with van der Waals surface area (Å²) in [6.45, 7) is 0.294. The van der Waals surface area contributed by atoms with Gasteiger partial charge in [0.2, 0.25) is 0 Å². The summed E-state index contributed by atoms with van der Waals surface area (Å²) in [5, 5.41) is 0. The molecular weight excluding hydrogens is 271 g/mol. The van der Waals surface area contributed by atoms with Crippen molar-refractivity contribution in [2.24, 2.45) is 5.73 Å². The second-order valence-electron chi connectivity index (χ2n) is 2.87.